The smallest absolute Gasteiger partial charge is 0.410 e. The largest absolute Gasteiger partial charge is 0.444 e. The second-order valence-corrected chi connectivity index (χ2v) is 8.60. The molecule has 0 aliphatic carbocycles. The van der Waals surface area contributed by atoms with E-state index in [4.69, 9.17) is 4.74 Å². The molecular weight excluding hydrogens is 485 g/mol. The molecule has 2 rings (SSSR count). The minimum absolute atomic E-state index is 0. The van der Waals surface area contributed by atoms with Crippen LogP contribution in [0.15, 0.2) is 4.99 Å². The fourth-order valence-electron chi connectivity index (χ4n) is 3.52. The van der Waals surface area contributed by atoms with E-state index >= 15 is 0 Å². The third-order valence-electron chi connectivity index (χ3n) is 4.90. The fraction of sp³-hybridized carbons (Fsp3) is 0.850. The number of piperidine rings is 1. The number of hydrogen-bond donors (Lipinski definition) is 2. The maximum atomic E-state index is 12.3. The summed E-state index contributed by atoms with van der Waals surface area (Å²) < 4.78 is 5.49. The summed E-state index contributed by atoms with van der Waals surface area (Å²) in [5.41, 5.74) is -0.477. The van der Waals surface area contributed by atoms with E-state index in [1.54, 1.807) is 4.90 Å². The maximum absolute atomic E-state index is 12.3. The first-order valence-electron chi connectivity index (χ1n) is 10.6. The van der Waals surface area contributed by atoms with Crippen LogP contribution in [0.4, 0.5) is 4.79 Å². The van der Waals surface area contributed by atoms with Gasteiger partial charge in [0.05, 0.1) is 0 Å². The van der Waals surface area contributed by atoms with E-state index in [9.17, 15) is 9.59 Å². The second-order valence-electron chi connectivity index (χ2n) is 8.60. The van der Waals surface area contributed by atoms with Crippen LogP contribution in [-0.2, 0) is 9.53 Å². The number of aliphatic imine (C=N–C) groups is 1. The molecule has 1 unspecified atom stereocenters. The lowest BCUT2D eigenvalue weighted by atomic mass is 9.98. The van der Waals surface area contributed by atoms with E-state index in [1.807, 2.05) is 32.6 Å². The van der Waals surface area contributed by atoms with Crippen LogP contribution in [0.5, 0.6) is 0 Å². The predicted molar refractivity (Wildman–Crippen MR) is 126 cm³/mol. The first-order valence-corrected chi connectivity index (χ1v) is 10.6. The number of nitrogens with zero attached hydrogens (tertiary/aromatic N) is 3. The molecule has 0 aromatic rings. The van der Waals surface area contributed by atoms with E-state index < -0.39 is 5.60 Å². The molecule has 0 radical (unpaired) electrons. The molecule has 2 heterocycles. The molecule has 0 saturated carbocycles. The second kappa shape index (κ2) is 12.4. The molecule has 2 N–H and O–H groups in total. The van der Waals surface area contributed by atoms with Crippen molar-refractivity contribution in [2.24, 2.45) is 10.9 Å². The standard InChI is InChI=1S/C20H37N5O3.HI/c1-5-21-18(23-14-17(26)24-10-6-7-11-24)22-13-16-9-8-12-25(15-16)19(27)28-20(2,3)4;/h16H,5-15H2,1-4H3,(H2,21,22,23);1H. The lowest BCUT2D eigenvalue weighted by molar-refractivity contribution is -0.128. The van der Waals surface area contributed by atoms with Gasteiger partial charge in [0.15, 0.2) is 5.96 Å². The first-order chi connectivity index (χ1) is 13.3. The van der Waals surface area contributed by atoms with Crippen molar-refractivity contribution in [1.29, 1.82) is 0 Å². The average Bonchev–Trinajstić information content (AvgIpc) is 3.17. The summed E-state index contributed by atoms with van der Waals surface area (Å²) >= 11 is 0. The Hall–Kier alpha value is -1.26. The molecule has 2 aliphatic rings. The van der Waals surface area contributed by atoms with Crippen LogP contribution in [0.1, 0.15) is 53.4 Å². The lowest BCUT2D eigenvalue weighted by Gasteiger charge is -2.34. The number of nitrogens with one attached hydrogen (secondary N) is 2. The highest BCUT2D eigenvalue weighted by Crippen LogP contribution is 2.18. The Labute approximate surface area is 192 Å². The Balaban J connectivity index is 0.00000420. The molecule has 168 valence electrons. The van der Waals surface area contributed by atoms with Gasteiger partial charge in [-0.3, -0.25) is 4.79 Å². The monoisotopic (exact) mass is 523 g/mol. The molecule has 9 heteroatoms. The number of carbonyl (C=O) groups excluding carboxylic acids is 2. The van der Waals surface area contributed by atoms with Crippen molar-refractivity contribution in [2.45, 2.75) is 59.0 Å². The lowest BCUT2D eigenvalue weighted by Crippen LogP contribution is -2.47. The van der Waals surface area contributed by atoms with Crippen LogP contribution in [0, 0.1) is 5.92 Å². The predicted octanol–water partition coefficient (Wildman–Crippen LogP) is 2.43. The van der Waals surface area contributed by atoms with Gasteiger partial charge in [-0.1, -0.05) is 0 Å². The van der Waals surface area contributed by atoms with Gasteiger partial charge in [-0.15, -0.1) is 24.0 Å². The zero-order valence-electron chi connectivity index (χ0n) is 18.3. The van der Waals surface area contributed by atoms with Crippen LogP contribution < -0.4 is 10.6 Å². The van der Waals surface area contributed by atoms with Gasteiger partial charge in [0.2, 0.25) is 5.91 Å². The van der Waals surface area contributed by atoms with E-state index in [-0.39, 0.29) is 42.5 Å². The number of guanidine groups is 1. The molecule has 29 heavy (non-hydrogen) atoms. The number of carbonyl (C=O) groups is 2. The van der Waals surface area contributed by atoms with Gasteiger partial charge in [-0.05, 0) is 59.3 Å². The zero-order valence-corrected chi connectivity index (χ0v) is 20.7. The third-order valence-corrected chi connectivity index (χ3v) is 4.90. The van der Waals surface area contributed by atoms with Gasteiger partial charge in [0.25, 0.3) is 0 Å². The third kappa shape index (κ3) is 9.39. The number of rotatable bonds is 5. The summed E-state index contributed by atoms with van der Waals surface area (Å²) in [5, 5.41) is 6.53. The van der Waals surface area contributed by atoms with Gasteiger partial charge in [-0.2, -0.15) is 0 Å². The number of hydrogen-bond acceptors (Lipinski definition) is 4. The molecule has 0 aromatic heterocycles. The van der Waals surface area contributed by atoms with Crippen molar-refractivity contribution in [3.63, 3.8) is 0 Å². The van der Waals surface area contributed by atoms with E-state index in [0.29, 0.717) is 25.0 Å². The first kappa shape index (κ1) is 25.8. The zero-order chi connectivity index (χ0) is 20.6. The van der Waals surface area contributed by atoms with Crippen molar-refractivity contribution in [1.82, 2.24) is 20.4 Å². The summed E-state index contributed by atoms with van der Waals surface area (Å²) in [7, 11) is 0. The highest BCUT2D eigenvalue weighted by molar-refractivity contribution is 14.0. The summed E-state index contributed by atoms with van der Waals surface area (Å²) in [4.78, 5) is 32.6. The molecule has 1 atom stereocenters. The van der Waals surface area contributed by atoms with E-state index in [0.717, 1.165) is 51.9 Å². The number of halogens is 1. The molecule has 2 saturated heterocycles. The normalized spacial score (nSPS) is 20.1. The van der Waals surface area contributed by atoms with Crippen LogP contribution in [-0.4, -0.2) is 79.2 Å². The Morgan fingerprint density at radius 1 is 1.07 bits per heavy atom. The molecule has 8 nitrogen and oxygen atoms in total. The van der Waals surface area contributed by atoms with Crippen LogP contribution >= 0.6 is 24.0 Å². The Bertz CT molecular complexity index is 559. The van der Waals surface area contributed by atoms with Gasteiger partial charge < -0.3 is 25.2 Å². The number of ether oxygens (including phenoxy) is 1. The maximum Gasteiger partial charge on any atom is 0.410 e. The van der Waals surface area contributed by atoms with Crippen LogP contribution in [0.3, 0.4) is 0 Å². The number of likely N-dealkylation sites (tertiary alicyclic amines) is 2. The molecule has 0 bridgehead atoms. The van der Waals surface area contributed by atoms with Crippen molar-refractivity contribution in [2.75, 3.05) is 45.8 Å². The minimum Gasteiger partial charge on any atom is -0.444 e. The Morgan fingerprint density at radius 2 is 1.72 bits per heavy atom. The quantitative estimate of drug-likeness (QED) is 0.329. The van der Waals surface area contributed by atoms with Crippen molar-refractivity contribution < 1.29 is 14.3 Å². The van der Waals surface area contributed by atoms with Crippen LogP contribution in [0.25, 0.3) is 0 Å². The average molecular weight is 523 g/mol. The summed E-state index contributed by atoms with van der Waals surface area (Å²) in [6.07, 6.45) is 3.95. The minimum atomic E-state index is -0.477. The molecular formula is C20H38IN5O3. The highest BCUT2D eigenvalue weighted by atomic mass is 127. The van der Waals surface area contributed by atoms with Crippen molar-refractivity contribution >= 4 is 41.9 Å². The van der Waals surface area contributed by atoms with Crippen molar-refractivity contribution in [3.05, 3.63) is 0 Å². The SMILES string of the molecule is CCNC(=NCC(=O)N1CCCC1)NCC1CCCN(C(=O)OC(C)(C)C)C1.I. The number of amides is 2. The molecule has 2 amide bonds. The van der Waals surface area contributed by atoms with Gasteiger partial charge in [0, 0.05) is 39.3 Å². The Morgan fingerprint density at radius 3 is 2.34 bits per heavy atom. The van der Waals surface area contributed by atoms with Crippen molar-refractivity contribution in [3.8, 4) is 0 Å². The summed E-state index contributed by atoms with van der Waals surface area (Å²) in [6.45, 7) is 12.4. The topological polar surface area (TPSA) is 86.3 Å². The Kier molecular flexibility index (Phi) is 11.1. The van der Waals surface area contributed by atoms with E-state index in [2.05, 4.69) is 15.6 Å². The highest BCUT2D eigenvalue weighted by Gasteiger charge is 2.27. The molecule has 0 spiro atoms. The molecule has 0 aromatic carbocycles. The summed E-state index contributed by atoms with van der Waals surface area (Å²) in [5.74, 6) is 1.08. The van der Waals surface area contributed by atoms with Gasteiger partial charge in [0.1, 0.15) is 12.1 Å². The molecule has 2 aliphatic heterocycles. The molecule has 2 fully saturated rings. The van der Waals surface area contributed by atoms with E-state index in [1.165, 1.54) is 0 Å². The van der Waals surface area contributed by atoms with Gasteiger partial charge in [-0.25, -0.2) is 9.79 Å². The van der Waals surface area contributed by atoms with Gasteiger partial charge >= 0.3 is 6.09 Å². The summed E-state index contributed by atoms with van der Waals surface area (Å²) in [6, 6.07) is 0. The fourth-order valence-corrected chi connectivity index (χ4v) is 3.52. The van der Waals surface area contributed by atoms with Crippen LogP contribution in [0.2, 0.25) is 0 Å².